The molecule has 6 heteroatoms. The normalized spacial score (nSPS) is 25.5. The summed E-state index contributed by atoms with van der Waals surface area (Å²) in [5.74, 6) is -0.232. The lowest BCUT2D eigenvalue weighted by Crippen LogP contribution is -2.23. The average Bonchev–Trinajstić information content (AvgIpc) is 2.77. The molecule has 1 aliphatic rings. The molecular formula is C11H12F3N3. The van der Waals surface area contributed by atoms with Gasteiger partial charge in [-0.15, -0.1) is 0 Å². The summed E-state index contributed by atoms with van der Waals surface area (Å²) in [6.45, 7) is 0. The van der Waals surface area contributed by atoms with E-state index in [9.17, 15) is 13.2 Å². The Morgan fingerprint density at radius 1 is 1.35 bits per heavy atom. The number of alkyl halides is 3. The Kier molecular flexibility index (Phi) is 3.09. The lowest BCUT2D eigenvalue weighted by atomic mass is 9.86. The molecule has 0 aliphatic heterocycles. The van der Waals surface area contributed by atoms with Crippen molar-refractivity contribution in [2.45, 2.75) is 37.9 Å². The van der Waals surface area contributed by atoms with Crippen molar-refractivity contribution in [3.05, 3.63) is 18.0 Å². The molecular weight excluding hydrogens is 231 g/mol. The molecule has 2 unspecified atom stereocenters. The van der Waals surface area contributed by atoms with E-state index < -0.39 is 11.9 Å². The summed E-state index contributed by atoms with van der Waals surface area (Å²) in [6.07, 6.45) is 0.261. The molecule has 1 aliphatic carbocycles. The highest BCUT2D eigenvalue weighted by atomic mass is 19.4. The van der Waals surface area contributed by atoms with Crippen molar-refractivity contribution < 1.29 is 13.2 Å². The third-order valence-electron chi connectivity index (χ3n) is 3.13. The van der Waals surface area contributed by atoms with Crippen molar-refractivity contribution in [2.75, 3.05) is 0 Å². The number of hydrogen-bond acceptors (Lipinski definition) is 2. The van der Waals surface area contributed by atoms with Crippen LogP contribution in [0.1, 0.15) is 37.4 Å². The van der Waals surface area contributed by atoms with E-state index in [1.165, 1.54) is 10.9 Å². The molecule has 0 N–H and O–H groups in total. The summed E-state index contributed by atoms with van der Waals surface area (Å²) in [7, 11) is 0. The smallest absolute Gasteiger partial charge is 0.268 e. The lowest BCUT2D eigenvalue weighted by Gasteiger charge is -2.26. The van der Waals surface area contributed by atoms with Gasteiger partial charge in [0.05, 0.1) is 18.0 Å². The molecule has 1 fully saturated rings. The molecule has 0 radical (unpaired) electrons. The lowest BCUT2D eigenvalue weighted by molar-refractivity contribution is -0.141. The molecule has 1 saturated carbocycles. The Morgan fingerprint density at radius 2 is 2.06 bits per heavy atom. The molecule has 2 rings (SSSR count). The number of nitrogens with zero attached hydrogens (tertiary/aromatic N) is 3. The molecule has 1 aromatic rings. The van der Waals surface area contributed by atoms with E-state index in [1.54, 1.807) is 0 Å². The molecule has 1 heterocycles. The van der Waals surface area contributed by atoms with Gasteiger partial charge in [-0.05, 0) is 18.9 Å². The minimum Gasteiger partial charge on any atom is -0.268 e. The maximum atomic E-state index is 12.4. The van der Waals surface area contributed by atoms with Crippen LogP contribution >= 0.6 is 0 Å². The number of aromatic nitrogens is 2. The van der Waals surface area contributed by atoms with Crippen LogP contribution in [-0.4, -0.2) is 9.78 Å². The fourth-order valence-electron chi connectivity index (χ4n) is 2.25. The van der Waals surface area contributed by atoms with Gasteiger partial charge in [0.15, 0.2) is 5.69 Å². The van der Waals surface area contributed by atoms with Gasteiger partial charge in [-0.25, -0.2) is 0 Å². The summed E-state index contributed by atoms with van der Waals surface area (Å²) in [6, 6.07) is 2.90. The zero-order valence-electron chi connectivity index (χ0n) is 9.11. The van der Waals surface area contributed by atoms with Gasteiger partial charge in [0.2, 0.25) is 0 Å². The van der Waals surface area contributed by atoms with Gasteiger partial charge in [0, 0.05) is 6.20 Å². The van der Waals surface area contributed by atoms with Crippen LogP contribution in [0.25, 0.3) is 0 Å². The van der Waals surface area contributed by atoms with Crippen LogP contribution in [0, 0.1) is 17.2 Å². The fraction of sp³-hybridized carbons (Fsp3) is 0.636. The molecule has 0 amide bonds. The Morgan fingerprint density at radius 3 is 2.65 bits per heavy atom. The summed E-state index contributed by atoms with van der Waals surface area (Å²) in [4.78, 5) is 0. The molecule has 17 heavy (non-hydrogen) atoms. The molecule has 2 atom stereocenters. The Balaban J connectivity index is 2.22. The second-order valence-corrected chi connectivity index (χ2v) is 4.27. The highest BCUT2D eigenvalue weighted by Gasteiger charge is 2.35. The largest absolute Gasteiger partial charge is 0.435 e. The topological polar surface area (TPSA) is 41.6 Å². The predicted molar refractivity (Wildman–Crippen MR) is 53.8 cm³/mol. The third kappa shape index (κ3) is 2.43. The summed E-state index contributed by atoms with van der Waals surface area (Å²) in [5, 5.41) is 12.5. The van der Waals surface area contributed by atoms with E-state index in [0.717, 1.165) is 31.7 Å². The average molecular weight is 243 g/mol. The number of nitriles is 1. The van der Waals surface area contributed by atoms with Crippen LogP contribution in [0.3, 0.4) is 0 Å². The van der Waals surface area contributed by atoms with E-state index in [-0.39, 0.29) is 12.0 Å². The monoisotopic (exact) mass is 243 g/mol. The van der Waals surface area contributed by atoms with Crippen LogP contribution in [0.15, 0.2) is 12.3 Å². The minimum absolute atomic E-state index is 0.218. The van der Waals surface area contributed by atoms with Crippen molar-refractivity contribution in [1.29, 1.82) is 5.26 Å². The van der Waals surface area contributed by atoms with Crippen LogP contribution in [0.4, 0.5) is 13.2 Å². The third-order valence-corrected chi connectivity index (χ3v) is 3.13. The van der Waals surface area contributed by atoms with Gasteiger partial charge < -0.3 is 0 Å². The second kappa shape index (κ2) is 4.40. The van der Waals surface area contributed by atoms with Gasteiger partial charge in [-0.1, -0.05) is 12.8 Å². The Labute approximate surface area is 96.8 Å². The SMILES string of the molecule is N#CC1CCCCC1n1ccc(C(F)(F)F)n1. The van der Waals surface area contributed by atoms with E-state index >= 15 is 0 Å². The van der Waals surface area contributed by atoms with Gasteiger partial charge in [0.1, 0.15) is 0 Å². The van der Waals surface area contributed by atoms with Crippen LogP contribution in [0.5, 0.6) is 0 Å². The van der Waals surface area contributed by atoms with Crippen molar-refractivity contribution in [3.8, 4) is 6.07 Å². The van der Waals surface area contributed by atoms with E-state index in [4.69, 9.17) is 5.26 Å². The first kappa shape index (κ1) is 12.0. The molecule has 3 nitrogen and oxygen atoms in total. The second-order valence-electron chi connectivity index (χ2n) is 4.27. The van der Waals surface area contributed by atoms with Crippen LogP contribution < -0.4 is 0 Å². The first-order valence-corrected chi connectivity index (χ1v) is 5.54. The zero-order chi connectivity index (χ0) is 12.5. The van der Waals surface area contributed by atoms with Crippen LogP contribution in [-0.2, 0) is 6.18 Å². The molecule has 0 aromatic carbocycles. The number of halogens is 3. The quantitative estimate of drug-likeness (QED) is 0.760. The molecule has 0 spiro atoms. The van der Waals surface area contributed by atoms with Gasteiger partial charge in [-0.2, -0.15) is 23.5 Å². The maximum Gasteiger partial charge on any atom is 0.435 e. The zero-order valence-corrected chi connectivity index (χ0v) is 9.11. The van der Waals surface area contributed by atoms with Gasteiger partial charge in [-0.3, -0.25) is 4.68 Å². The van der Waals surface area contributed by atoms with Crippen molar-refractivity contribution in [2.24, 2.45) is 5.92 Å². The summed E-state index contributed by atoms with van der Waals surface area (Å²) < 4.78 is 38.5. The van der Waals surface area contributed by atoms with E-state index in [0.29, 0.717) is 0 Å². The fourth-order valence-corrected chi connectivity index (χ4v) is 2.25. The van der Waals surface area contributed by atoms with Crippen LogP contribution in [0.2, 0.25) is 0 Å². The van der Waals surface area contributed by atoms with Gasteiger partial charge in [0.25, 0.3) is 0 Å². The molecule has 0 saturated heterocycles. The van der Waals surface area contributed by atoms with E-state index in [2.05, 4.69) is 11.2 Å². The molecule has 0 bridgehead atoms. The number of rotatable bonds is 1. The summed E-state index contributed by atoms with van der Waals surface area (Å²) in [5.41, 5.74) is -0.889. The van der Waals surface area contributed by atoms with Crippen molar-refractivity contribution >= 4 is 0 Å². The van der Waals surface area contributed by atoms with Crippen molar-refractivity contribution in [1.82, 2.24) is 9.78 Å². The Hall–Kier alpha value is -1.51. The molecule has 1 aromatic heterocycles. The summed E-state index contributed by atoms with van der Waals surface area (Å²) >= 11 is 0. The van der Waals surface area contributed by atoms with E-state index in [1.807, 2.05) is 0 Å². The molecule has 92 valence electrons. The predicted octanol–water partition coefficient (Wildman–Crippen LogP) is 3.16. The Bertz CT molecular complexity index is 430. The number of hydrogen-bond donors (Lipinski definition) is 0. The highest BCUT2D eigenvalue weighted by Crippen LogP contribution is 2.34. The van der Waals surface area contributed by atoms with Crippen molar-refractivity contribution in [3.63, 3.8) is 0 Å². The minimum atomic E-state index is -4.41. The first-order valence-electron chi connectivity index (χ1n) is 5.54. The standard InChI is InChI=1S/C11H12F3N3/c12-11(13,14)10-5-6-17(16-10)9-4-2-1-3-8(9)7-15/h5-6,8-9H,1-4H2. The highest BCUT2D eigenvalue weighted by molar-refractivity contribution is 5.05. The maximum absolute atomic E-state index is 12.4. The first-order chi connectivity index (χ1) is 8.02. The van der Waals surface area contributed by atoms with Gasteiger partial charge >= 0.3 is 6.18 Å².